The van der Waals surface area contributed by atoms with E-state index in [9.17, 15) is 27.9 Å². The van der Waals surface area contributed by atoms with E-state index in [4.69, 9.17) is 0 Å². The molecule has 0 aliphatic heterocycles. The Morgan fingerprint density at radius 1 is 1.29 bits per heavy atom. The highest BCUT2D eigenvalue weighted by Crippen LogP contribution is 2.36. The van der Waals surface area contributed by atoms with Crippen LogP contribution < -0.4 is 10.1 Å². The third-order valence-electron chi connectivity index (χ3n) is 5.15. The third kappa shape index (κ3) is 4.18. The number of nitrogens with zero attached hydrogens (tertiary/aromatic N) is 1. The lowest BCUT2D eigenvalue weighted by atomic mass is 9.74. The summed E-state index contributed by atoms with van der Waals surface area (Å²) in [4.78, 5) is 27.8. The number of amides is 1. The van der Waals surface area contributed by atoms with Crippen LogP contribution in [0.4, 0.5) is 13.2 Å². The predicted molar refractivity (Wildman–Crippen MR) is 93.8 cm³/mol. The maximum absolute atomic E-state index is 13.9. The van der Waals surface area contributed by atoms with Gasteiger partial charge in [-0.3, -0.25) is 14.6 Å². The summed E-state index contributed by atoms with van der Waals surface area (Å²) in [5, 5.41) is 12.4. The van der Waals surface area contributed by atoms with Crippen LogP contribution in [0.1, 0.15) is 43.0 Å². The molecule has 1 saturated carbocycles. The number of aromatic nitrogens is 1. The van der Waals surface area contributed by atoms with Gasteiger partial charge >= 0.3 is 12.6 Å². The van der Waals surface area contributed by atoms with Crippen molar-refractivity contribution in [3.05, 3.63) is 35.8 Å². The minimum atomic E-state index is -3.16. The Bertz CT molecular complexity index is 911. The number of halogens is 3. The van der Waals surface area contributed by atoms with Crippen molar-refractivity contribution < 1.29 is 32.6 Å². The van der Waals surface area contributed by atoms with Gasteiger partial charge in [-0.1, -0.05) is 0 Å². The first-order valence-electron chi connectivity index (χ1n) is 8.76. The zero-order valence-electron chi connectivity index (χ0n) is 15.0. The predicted octanol–water partition coefficient (Wildman–Crippen LogP) is 3.74. The number of carbonyl (C=O) groups is 2. The van der Waals surface area contributed by atoms with Crippen molar-refractivity contribution in [1.29, 1.82) is 0 Å². The maximum atomic E-state index is 13.9. The van der Waals surface area contributed by atoms with E-state index < -0.39 is 35.5 Å². The van der Waals surface area contributed by atoms with Gasteiger partial charge in [0.15, 0.2) is 11.6 Å². The molecule has 1 amide bonds. The molecule has 1 aliphatic rings. The molecule has 0 saturated heterocycles. The van der Waals surface area contributed by atoms with Gasteiger partial charge in [-0.05, 0) is 44.7 Å². The number of carboxylic acids is 1. The molecule has 28 heavy (non-hydrogen) atoms. The second-order valence-corrected chi connectivity index (χ2v) is 7.19. The van der Waals surface area contributed by atoms with Gasteiger partial charge in [-0.2, -0.15) is 8.78 Å². The highest BCUT2D eigenvalue weighted by molar-refractivity contribution is 5.97. The molecule has 1 fully saturated rings. The number of nitrogens with one attached hydrogen (secondary N) is 1. The van der Waals surface area contributed by atoms with E-state index in [0.29, 0.717) is 25.7 Å². The molecule has 1 heterocycles. The standard InChI is InChI=1S/C19H19F3N2O4/c1-19(17(26)27)4-2-12(3-5-19)24-16(25)11-6-10-7-13(20)15(28-18(21)22)8-14(10)23-9-11/h6-9,12,18H,2-5H2,1H3,(H,24,25)(H,26,27)/t12-,19-. The zero-order valence-corrected chi connectivity index (χ0v) is 15.0. The number of rotatable bonds is 5. The van der Waals surface area contributed by atoms with Crippen molar-refractivity contribution in [2.75, 3.05) is 0 Å². The van der Waals surface area contributed by atoms with E-state index in [0.717, 1.165) is 12.1 Å². The summed E-state index contributed by atoms with van der Waals surface area (Å²) in [6, 6.07) is 3.29. The highest BCUT2D eigenvalue weighted by Gasteiger charge is 2.37. The molecule has 2 N–H and O–H groups in total. The van der Waals surface area contributed by atoms with Crippen LogP contribution in [-0.2, 0) is 4.79 Å². The molecule has 0 spiro atoms. The molecular formula is C19H19F3N2O4. The fourth-order valence-electron chi connectivity index (χ4n) is 3.32. The number of alkyl halides is 2. The van der Waals surface area contributed by atoms with Crippen LogP contribution in [0, 0.1) is 11.2 Å². The molecule has 6 nitrogen and oxygen atoms in total. The third-order valence-corrected chi connectivity index (χ3v) is 5.15. The summed E-state index contributed by atoms with van der Waals surface area (Å²) in [5.74, 6) is -2.84. The van der Waals surface area contributed by atoms with Gasteiger partial charge in [0, 0.05) is 23.7 Å². The molecule has 1 aliphatic carbocycles. The van der Waals surface area contributed by atoms with E-state index in [-0.39, 0.29) is 22.5 Å². The van der Waals surface area contributed by atoms with Gasteiger partial charge in [0.25, 0.3) is 5.91 Å². The van der Waals surface area contributed by atoms with Crippen molar-refractivity contribution in [1.82, 2.24) is 10.3 Å². The summed E-state index contributed by atoms with van der Waals surface area (Å²) < 4.78 is 42.6. The molecular weight excluding hydrogens is 377 g/mol. The fraction of sp³-hybridized carbons (Fsp3) is 0.421. The number of fused-ring (bicyclic) bond motifs is 1. The molecule has 0 bridgehead atoms. The summed E-state index contributed by atoms with van der Waals surface area (Å²) in [7, 11) is 0. The van der Waals surface area contributed by atoms with Crippen molar-refractivity contribution in [3.63, 3.8) is 0 Å². The Kier molecular flexibility index (Phi) is 5.44. The number of hydrogen-bond acceptors (Lipinski definition) is 4. The Hall–Kier alpha value is -2.84. The highest BCUT2D eigenvalue weighted by atomic mass is 19.3. The van der Waals surface area contributed by atoms with Crippen molar-refractivity contribution in [2.45, 2.75) is 45.3 Å². The Morgan fingerprint density at radius 2 is 1.96 bits per heavy atom. The monoisotopic (exact) mass is 396 g/mol. The molecule has 1 aromatic carbocycles. The SMILES string of the molecule is C[C@]1(C(=O)O)CC[C@H](NC(=O)c2cnc3cc(OC(F)F)c(F)cc3c2)CC1. The van der Waals surface area contributed by atoms with Crippen LogP contribution in [0.25, 0.3) is 10.9 Å². The summed E-state index contributed by atoms with van der Waals surface area (Å²) in [6.45, 7) is -1.46. The number of pyridine rings is 1. The number of benzene rings is 1. The number of aliphatic carboxylic acids is 1. The molecule has 2 aromatic rings. The van der Waals surface area contributed by atoms with Gasteiger partial charge in [-0.25, -0.2) is 4.39 Å². The molecule has 9 heteroatoms. The van der Waals surface area contributed by atoms with Gasteiger partial charge in [-0.15, -0.1) is 0 Å². The van der Waals surface area contributed by atoms with E-state index in [1.807, 2.05) is 0 Å². The van der Waals surface area contributed by atoms with Crippen molar-refractivity contribution >= 4 is 22.8 Å². The van der Waals surface area contributed by atoms with Crippen LogP contribution in [0.2, 0.25) is 0 Å². The van der Waals surface area contributed by atoms with Gasteiger partial charge in [0.05, 0.1) is 16.5 Å². The van der Waals surface area contributed by atoms with Crippen LogP contribution in [0.3, 0.4) is 0 Å². The minimum Gasteiger partial charge on any atom is -0.481 e. The Morgan fingerprint density at radius 3 is 2.57 bits per heavy atom. The number of carbonyl (C=O) groups excluding carboxylic acids is 1. The van der Waals surface area contributed by atoms with Gasteiger partial charge in [0.1, 0.15) is 0 Å². The lowest BCUT2D eigenvalue weighted by Gasteiger charge is -2.34. The van der Waals surface area contributed by atoms with Gasteiger partial charge in [0.2, 0.25) is 0 Å². The fourth-order valence-corrected chi connectivity index (χ4v) is 3.32. The Labute approximate surface area is 158 Å². The molecule has 3 rings (SSSR count). The zero-order chi connectivity index (χ0) is 20.5. The summed E-state index contributed by atoms with van der Waals surface area (Å²) >= 11 is 0. The van der Waals surface area contributed by atoms with Crippen molar-refractivity contribution in [3.8, 4) is 5.75 Å². The lowest BCUT2D eigenvalue weighted by Crippen LogP contribution is -2.42. The maximum Gasteiger partial charge on any atom is 0.387 e. The van der Waals surface area contributed by atoms with Crippen LogP contribution in [-0.4, -0.2) is 34.6 Å². The number of carboxylic acid groups (broad SMARTS) is 1. The van der Waals surface area contributed by atoms with Crippen LogP contribution in [0.15, 0.2) is 24.4 Å². The van der Waals surface area contributed by atoms with Crippen LogP contribution >= 0.6 is 0 Å². The lowest BCUT2D eigenvalue weighted by molar-refractivity contribution is -0.150. The first-order chi connectivity index (χ1) is 13.2. The largest absolute Gasteiger partial charge is 0.481 e. The van der Waals surface area contributed by atoms with E-state index >= 15 is 0 Å². The molecule has 1 aromatic heterocycles. The summed E-state index contributed by atoms with van der Waals surface area (Å²) in [6.07, 6.45) is 3.27. The minimum absolute atomic E-state index is 0.158. The van der Waals surface area contributed by atoms with Crippen LogP contribution in [0.5, 0.6) is 5.75 Å². The topological polar surface area (TPSA) is 88.5 Å². The summed E-state index contributed by atoms with van der Waals surface area (Å²) in [5.41, 5.74) is -0.370. The van der Waals surface area contributed by atoms with Crippen molar-refractivity contribution in [2.24, 2.45) is 5.41 Å². The molecule has 0 atom stereocenters. The van der Waals surface area contributed by atoms with E-state index in [2.05, 4.69) is 15.0 Å². The average molecular weight is 396 g/mol. The first-order valence-corrected chi connectivity index (χ1v) is 8.76. The second kappa shape index (κ2) is 7.65. The van der Waals surface area contributed by atoms with E-state index in [1.54, 1.807) is 6.92 Å². The quantitative estimate of drug-likeness (QED) is 0.804. The number of ether oxygens (including phenoxy) is 1. The number of hydrogen-bond donors (Lipinski definition) is 2. The molecule has 150 valence electrons. The van der Waals surface area contributed by atoms with E-state index in [1.165, 1.54) is 12.3 Å². The average Bonchev–Trinajstić information content (AvgIpc) is 2.63. The first kappa shape index (κ1) is 19.9. The smallest absolute Gasteiger partial charge is 0.387 e. The molecule has 0 unspecified atom stereocenters. The van der Waals surface area contributed by atoms with Gasteiger partial charge < -0.3 is 15.2 Å². The molecule has 0 radical (unpaired) electrons. The normalized spacial score (nSPS) is 22.2. The second-order valence-electron chi connectivity index (χ2n) is 7.19. The Balaban J connectivity index is 1.71.